The van der Waals surface area contributed by atoms with Crippen molar-refractivity contribution in [3.05, 3.63) is 54.0 Å². The van der Waals surface area contributed by atoms with Crippen LogP contribution in [0.3, 0.4) is 0 Å². The molecule has 0 radical (unpaired) electrons. The van der Waals surface area contributed by atoms with Crippen molar-refractivity contribution in [1.82, 2.24) is 0 Å². The topological polar surface area (TPSA) is 94.8 Å². The lowest BCUT2D eigenvalue weighted by molar-refractivity contribution is -0.147. The zero-order chi connectivity index (χ0) is 17.1. The first-order valence-electron chi connectivity index (χ1n) is 7.40. The molecular formula is C17H15NO6. The van der Waals surface area contributed by atoms with E-state index in [0.29, 0.717) is 6.42 Å². The van der Waals surface area contributed by atoms with E-state index in [1.165, 1.54) is 18.4 Å². The quantitative estimate of drug-likeness (QED) is 0.866. The molecule has 1 N–H and O–H groups in total. The molecule has 1 saturated heterocycles. The van der Waals surface area contributed by atoms with Crippen LogP contribution in [0.25, 0.3) is 0 Å². The van der Waals surface area contributed by atoms with Crippen molar-refractivity contribution in [2.45, 2.75) is 25.6 Å². The molecule has 0 aliphatic carbocycles. The van der Waals surface area contributed by atoms with Gasteiger partial charge in [-0.2, -0.15) is 0 Å². The molecule has 3 rings (SSSR count). The van der Waals surface area contributed by atoms with Gasteiger partial charge in [0.05, 0.1) is 17.5 Å². The molecule has 1 fully saturated rings. The number of nitrogens with one attached hydrogen (secondary N) is 1. The lowest BCUT2D eigenvalue weighted by Crippen LogP contribution is -2.23. The van der Waals surface area contributed by atoms with Gasteiger partial charge in [-0.15, -0.1) is 0 Å². The van der Waals surface area contributed by atoms with Crippen molar-refractivity contribution in [3.63, 3.8) is 0 Å². The van der Waals surface area contributed by atoms with Crippen LogP contribution in [0.2, 0.25) is 0 Å². The Hall–Kier alpha value is -3.09. The third kappa shape index (κ3) is 3.29. The second kappa shape index (κ2) is 6.57. The Balaban J connectivity index is 1.75. The maximum absolute atomic E-state index is 12.3. The summed E-state index contributed by atoms with van der Waals surface area (Å²) in [5.41, 5.74) is 0.410. The van der Waals surface area contributed by atoms with Crippen LogP contribution < -0.4 is 5.32 Å². The molecule has 1 aliphatic heterocycles. The average molecular weight is 329 g/mol. The van der Waals surface area contributed by atoms with E-state index in [1.54, 1.807) is 31.2 Å². The Morgan fingerprint density at radius 1 is 1.21 bits per heavy atom. The fraction of sp³-hybridized carbons (Fsp3) is 0.235. The molecule has 1 aliphatic rings. The zero-order valence-corrected chi connectivity index (χ0v) is 12.9. The van der Waals surface area contributed by atoms with E-state index in [0.717, 1.165) is 0 Å². The van der Waals surface area contributed by atoms with E-state index in [4.69, 9.17) is 13.9 Å². The van der Waals surface area contributed by atoms with E-state index < -0.39 is 23.9 Å². The number of hydrogen-bond acceptors (Lipinski definition) is 6. The van der Waals surface area contributed by atoms with Gasteiger partial charge in [0.25, 0.3) is 5.91 Å². The zero-order valence-electron chi connectivity index (χ0n) is 12.9. The van der Waals surface area contributed by atoms with Crippen LogP contribution in [0, 0.1) is 0 Å². The monoisotopic (exact) mass is 329 g/mol. The summed E-state index contributed by atoms with van der Waals surface area (Å²) in [6.45, 7) is 1.73. The number of hydrogen-bond donors (Lipinski definition) is 1. The van der Waals surface area contributed by atoms with Crippen LogP contribution in [0.5, 0.6) is 0 Å². The smallest absolute Gasteiger partial charge is 0.347 e. The highest BCUT2D eigenvalue weighted by Crippen LogP contribution is 2.22. The molecule has 124 valence electrons. The summed E-state index contributed by atoms with van der Waals surface area (Å²) in [5.74, 6) is -1.64. The first-order chi connectivity index (χ1) is 11.5. The van der Waals surface area contributed by atoms with Crippen molar-refractivity contribution in [1.29, 1.82) is 0 Å². The third-order valence-electron chi connectivity index (χ3n) is 3.52. The number of ether oxygens (including phenoxy) is 2. The molecule has 0 bridgehead atoms. The maximum Gasteiger partial charge on any atom is 0.347 e. The lowest BCUT2D eigenvalue weighted by atomic mass is 10.1. The SMILES string of the molecule is C[C@H]1C[C@H](OC(=O)c2ccccc2NC(=O)c2ccco2)C(=O)O1. The van der Waals surface area contributed by atoms with E-state index in [9.17, 15) is 14.4 Å². The van der Waals surface area contributed by atoms with Gasteiger partial charge in [-0.3, -0.25) is 4.79 Å². The number of para-hydroxylation sites is 1. The molecule has 2 heterocycles. The second-order valence-electron chi connectivity index (χ2n) is 5.35. The number of rotatable bonds is 4. The van der Waals surface area contributed by atoms with E-state index in [-0.39, 0.29) is 23.1 Å². The number of esters is 2. The van der Waals surface area contributed by atoms with Crippen LogP contribution in [-0.4, -0.2) is 30.1 Å². The van der Waals surface area contributed by atoms with Gasteiger partial charge in [0.2, 0.25) is 6.10 Å². The van der Waals surface area contributed by atoms with Crippen molar-refractivity contribution in [2.24, 2.45) is 0 Å². The highest BCUT2D eigenvalue weighted by atomic mass is 16.6. The molecule has 7 nitrogen and oxygen atoms in total. The highest BCUT2D eigenvalue weighted by Gasteiger charge is 2.35. The molecule has 2 atom stereocenters. The number of anilines is 1. The molecule has 1 aromatic carbocycles. The van der Waals surface area contributed by atoms with Gasteiger partial charge >= 0.3 is 11.9 Å². The lowest BCUT2D eigenvalue weighted by Gasteiger charge is -2.12. The Bertz CT molecular complexity index is 767. The standard InChI is InChI=1S/C17H15NO6/c1-10-9-14(17(21)23-10)24-16(20)11-5-2-3-6-12(11)18-15(19)13-7-4-8-22-13/h2-8,10,14H,9H2,1H3,(H,18,19)/t10-,14-/m0/s1. The molecule has 7 heteroatoms. The number of cyclic esters (lactones) is 1. The van der Waals surface area contributed by atoms with Crippen LogP contribution in [-0.2, 0) is 14.3 Å². The third-order valence-corrected chi connectivity index (χ3v) is 3.52. The summed E-state index contributed by atoms with van der Waals surface area (Å²) in [4.78, 5) is 36.0. The van der Waals surface area contributed by atoms with Gasteiger partial charge in [-0.1, -0.05) is 12.1 Å². The van der Waals surface area contributed by atoms with Crippen molar-refractivity contribution < 1.29 is 28.3 Å². The molecule has 24 heavy (non-hydrogen) atoms. The number of carbonyl (C=O) groups excluding carboxylic acids is 3. The van der Waals surface area contributed by atoms with E-state index in [2.05, 4.69) is 5.32 Å². The van der Waals surface area contributed by atoms with Crippen LogP contribution in [0.1, 0.15) is 34.3 Å². The minimum atomic E-state index is -0.929. The Labute approximate surface area is 137 Å². The predicted octanol–water partition coefficient (Wildman–Crippen LogP) is 2.39. The van der Waals surface area contributed by atoms with Crippen molar-refractivity contribution in [3.8, 4) is 0 Å². The van der Waals surface area contributed by atoms with Crippen molar-refractivity contribution >= 4 is 23.5 Å². The van der Waals surface area contributed by atoms with Gasteiger partial charge in [0.1, 0.15) is 6.10 Å². The Kier molecular flexibility index (Phi) is 4.33. The minimum absolute atomic E-state index is 0.117. The fourth-order valence-electron chi connectivity index (χ4n) is 2.37. The Morgan fingerprint density at radius 3 is 2.67 bits per heavy atom. The molecule has 1 aromatic heterocycles. The van der Waals surface area contributed by atoms with Gasteiger partial charge in [-0.25, -0.2) is 9.59 Å². The molecular weight excluding hydrogens is 314 g/mol. The normalized spacial score (nSPS) is 19.6. The predicted molar refractivity (Wildman–Crippen MR) is 82.5 cm³/mol. The number of carbonyl (C=O) groups is 3. The van der Waals surface area contributed by atoms with E-state index >= 15 is 0 Å². The summed E-state index contributed by atoms with van der Waals surface area (Å²) < 4.78 is 15.2. The van der Waals surface area contributed by atoms with Crippen LogP contribution in [0.15, 0.2) is 47.1 Å². The van der Waals surface area contributed by atoms with Crippen LogP contribution in [0.4, 0.5) is 5.69 Å². The van der Waals surface area contributed by atoms with Gasteiger partial charge in [0.15, 0.2) is 5.76 Å². The second-order valence-corrected chi connectivity index (χ2v) is 5.35. The van der Waals surface area contributed by atoms with Gasteiger partial charge < -0.3 is 19.2 Å². The number of furan rings is 1. The fourth-order valence-corrected chi connectivity index (χ4v) is 2.37. The molecule has 0 unspecified atom stereocenters. The van der Waals surface area contributed by atoms with Crippen molar-refractivity contribution in [2.75, 3.05) is 5.32 Å². The summed E-state index contributed by atoms with van der Waals surface area (Å²) in [6, 6.07) is 9.46. The summed E-state index contributed by atoms with van der Waals surface area (Å²) >= 11 is 0. The largest absolute Gasteiger partial charge is 0.460 e. The van der Waals surface area contributed by atoms with E-state index in [1.807, 2.05) is 0 Å². The summed E-state index contributed by atoms with van der Waals surface area (Å²) in [7, 11) is 0. The molecule has 1 amide bonds. The average Bonchev–Trinajstić information content (AvgIpc) is 3.18. The van der Waals surface area contributed by atoms with Gasteiger partial charge in [0, 0.05) is 6.42 Å². The summed E-state index contributed by atoms with van der Waals surface area (Å²) in [6.07, 6.45) is 0.471. The first kappa shape index (κ1) is 15.8. The number of benzene rings is 1. The molecule has 0 spiro atoms. The summed E-state index contributed by atoms with van der Waals surface area (Å²) in [5, 5.41) is 2.59. The van der Waals surface area contributed by atoms with Crippen LogP contribution >= 0.6 is 0 Å². The first-order valence-corrected chi connectivity index (χ1v) is 7.40. The molecule has 0 saturated carbocycles. The highest BCUT2D eigenvalue weighted by molar-refractivity contribution is 6.06. The minimum Gasteiger partial charge on any atom is -0.460 e. The maximum atomic E-state index is 12.3. The molecule has 2 aromatic rings. The van der Waals surface area contributed by atoms with Gasteiger partial charge in [-0.05, 0) is 31.2 Å². The number of amides is 1. The Morgan fingerprint density at radius 2 is 2.00 bits per heavy atom.